The summed E-state index contributed by atoms with van der Waals surface area (Å²) >= 11 is 1.33. The fourth-order valence-corrected chi connectivity index (χ4v) is 2.85. The number of nitrogens with one attached hydrogen (secondary N) is 1. The number of hydrogen-bond acceptors (Lipinski definition) is 4. The van der Waals surface area contributed by atoms with Crippen LogP contribution in [0.5, 0.6) is 0 Å². The van der Waals surface area contributed by atoms with Crippen molar-refractivity contribution in [3.8, 4) is 0 Å². The minimum absolute atomic E-state index is 0.0977. The highest BCUT2D eigenvalue weighted by Crippen LogP contribution is 2.17. The Hall–Kier alpha value is -1.98. The van der Waals surface area contributed by atoms with Gasteiger partial charge in [0.25, 0.3) is 0 Å². The third kappa shape index (κ3) is 4.24. The third-order valence-corrected chi connectivity index (χ3v) is 4.09. The number of aliphatic carboxylic acids is 1. The maximum atomic E-state index is 12.4. The second-order valence-corrected chi connectivity index (χ2v) is 5.74. The Morgan fingerprint density at radius 1 is 1.19 bits per heavy atom. The second-order valence-electron chi connectivity index (χ2n) is 4.79. The number of carboxylic acids is 1. The number of benzene rings is 1. The molecule has 110 valence electrons. The van der Waals surface area contributed by atoms with E-state index in [2.05, 4.69) is 5.32 Å². The summed E-state index contributed by atoms with van der Waals surface area (Å²) in [7, 11) is 0. The fraction of sp³-hybridized carbons (Fsp3) is 0.250. The van der Waals surface area contributed by atoms with Crippen LogP contribution in [0.2, 0.25) is 0 Å². The molecule has 0 radical (unpaired) electrons. The summed E-state index contributed by atoms with van der Waals surface area (Å²) in [5, 5.41) is 14.0. The van der Waals surface area contributed by atoms with E-state index in [0.29, 0.717) is 4.88 Å². The van der Waals surface area contributed by atoms with Crippen LogP contribution in [0, 0.1) is 0 Å². The maximum absolute atomic E-state index is 12.4. The van der Waals surface area contributed by atoms with Gasteiger partial charge in [-0.15, -0.1) is 11.3 Å². The van der Waals surface area contributed by atoms with Crippen molar-refractivity contribution >= 4 is 23.1 Å². The lowest BCUT2D eigenvalue weighted by molar-refractivity contribution is -0.137. The zero-order valence-electron chi connectivity index (χ0n) is 11.7. The van der Waals surface area contributed by atoms with Crippen molar-refractivity contribution in [2.24, 2.45) is 0 Å². The van der Waals surface area contributed by atoms with Crippen LogP contribution in [-0.4, -0.2) is 22.9 Å². The first-order valence-electron chi connectivity index (χ1n) is 6.68. The van der Waals surface area contributed by atoms with Crippen LogP contribution in [0.25, 0.3) is 0 Å². The molecule has 0 aliphatic carbocycles. The van der Waals surface area contributed by atoms with Crippen molar-refractivity contribution in [2.45, 2.75) is 25.4 Å². The number of carbonyl (C=O) groups excluding carboxylic acids is 1. The average Bonchev–Trinajstić information content (AvgIpc) is 3.00. The molecule has 21 heavy (non-hydrogen) atoms. The van der Waals surface area contributed by atoms with Gasteiger partial charge in [-0.05, 0) is 23.9 Å². The first-order valence-corrected chi connectivity index (χ1v) is 7.56. The molecule has 4 nitrogen and oxygen atoms in total. The predicted octanol–water partition coefficient (Wildman–Crippen LogP) is 3.12. The van der Waals surface area contributed by atoms with Gasteiger partial charge in [-0.1, -0.05) is 36.4 Å². The van der Waals surface area contributed by atoms with Gasteiger partial charge in [-0.2, -0.15) is 0 Å². The van der Waals surface area contributed by atoms with E-state index < -0.39 is 12.0 Å². The molecule has 5 heteroatoms. The average molecular weight is 303 g/mol. The number of Topliss-reactive ketones (excluding diaryl/α,β-unsaturated/α-hetero) is 1. The summed E-state index contributed by atoms with van der Waals surface area (Å²) in [4.78, 5) is 24.0. The van der Waals surface area contributed by atoms with Crippen LogP contribution in [0.3, 0.4) is 0 Å². The van der Waals surface area contributed by atoms with Gasteiger partial charge in [0.05, 0.1) is 17.3 Å². The van der Waals surface area contributed by atoms with Crippen LogP contribution in [0.15, 0.2) is 47.8 Å². The smallest absolute Gasteiger partial charge is 0.305 e. The number of thiophene rings is 1. The molecule has 0 bridgehead atoms. The highest BCUT2D eigenvalue weighted by atomic mass is 32.1. The van der Waals surface area contributed by atoms with E-state index in [4.69, 9.17) is 5.11 Å². The summed E-state index contributed by atoms with van der Waals surface area (Å²) < 4.78 is 0. The Bertz CT molecular complexity index is 595. The number of hydrogen-bond donors (Lipinski definition) is 2. The molecular formula is C16H17NO3S. The molecule has 0 amide bonds. The zero-order chi connectivity index (χ0) is 15.2. The molecule has 0 saturated carbocycles. The zero-order valence-corrected chi connectivity index (χ0v) is 12.5. The second kappa shape index (κ2) is 7.15. The molecule has 1 aromatic carbocycles. The normalized spacial score (nSPS) is 13.6. The van der Waals surface area contributed by atoms with Crippen molar-refractivity contribution < 1.29 is 14.7 Å². The SMILES string of the molecule is CC(NC(CC(=O)O)C(=O)c1cccs1)c1ccccc1. The highest BCUT2D eigenvalue weighted by molar-refractivity contribution is 7.12. The van der Waals surface area contributed by atoms with Gasteiger partial charge in [0.2, 0.25) is 0 Å². The molecule has 0 saturated heterocycles. The summed E-state index contributed by atoms with van der Waals surface area (Å²) in [5.41, 5.74) is 1.02. The van der Waals surface area contributed by atoms with E-state index in [1.165, 1.54) is 11.3 Å². The molecular weight excluding hydrogens is 286 g/mol. The van der Waals surface area contributed by atoms with E-state index in [9.17, 15) is 9.59 Å². The van der Waals surface area contributed by atoms with Gasteiger partial charge in [-0.3, -0.25) is 9.59 Å². The van der Waals surface area contributed by atoms with Crippen LogP contribution in [0.4, 0.5) is 0 Å². The predicted molar refractivity (Wildman–Crippen MR) is 82.7 cm³/mol. The monoisotopic (exact) mass is 303 g/mol. The van der Waals surface area contributed by atoms with Gasteiger partial charge >= 0.3 is 5.97 Å². The highest BCUT2D eigenvalue weighted by Gasteiger charge is 2.25. The van der Waals surface area contributed by atoms with Gasteiger partial charge in [0, 0.05) is 6.04 Å². The Kier molecular flexibility index (Phi) is 5.25. The van der Waals surface area contributed by atoms with Crippen LogP contribution < -0.4 is 5.32 Å². The molecule has 0 spiro atoms. The Balaban J connectivity index is 2.13. The van der Waals surface area contributed by atoms with Crippen molar-refractivity contribution in [1.29, 1.82) is 0 Å². The molecule has 2 aromatic rings. The van der Waals surface area contributed by atoms with Crippen LogP contribution in [0.1, 0.15) is 34.6 Å². The molecule has 2 atom stereocenters. The number of carboxylic acid groups (broad SMARTS) is 1. The fourth-order valence-electron chi connectivity index (χ4n) is 2.13. The van der Waals surface area contributed by atoms with Crippen LogP contribution >= 0.6 is 11.3 Å². The summed E-state index contributed by atoms with van der Waals surface area (Å²) in [5.74, 6) is -1.16. The molecule has 2 N–H and O–H groups in total. The van der Waals surface area contributed by atoms with Crippen molar-refractivity contribution in [3.63, 3.8) is 0 Å². The Morgan fingerprint density at radius 3 is 2.48 bits per heavy atom. The summed E-state index contributed by atoms with van der Waals surface area (Å²) in [6, 6.07) is 12.3. The van der Waals surface area contributed by atoms with Gasteiger partial charge in [-0.25, -0.2) is 0 Å². The molecule has 0 fully saturated rings. The molecule has 2 rings (SSSR count). The number of rotatable bonds is 7. The van der Waals surface area contributed by atoms with Crippen LogP contribution in [-0.2, 0) is 4.79 Å². The molecule has 1 heterocycles. The first kappa shape index (κ1) is 15.4. The summed E-state index contributed by atoms with van der Waals surface area (Å²) in [6.07, 6.45) is -0.228. The first-order chi connectivity index (χ1) is 10.1. The molecule has 1 aromatic heterocycles. The van der Waals surface area contributed by atoms with E-state index in [1.54, 1.807) is 12.1 Å². The molecule has 0 aliphatic heterocycles. The summed E-state index contributed by atoms with van der Waals surface area (Å²) in [6.45, 7) is 1.92. The van der Waals surface area contributed by atoms with Crippen molar-refractivity contribution in [2.75, 3.05) is 0 Å². The van der Waals surface area contributed by atoms with Crippen molar-refractivity contribution in [1.82, 2.24) is 5.32 Å². The van der Waals surface area contributed by atoms with Gasteiger partial charge < -0.3 is 10.4 Å². The van der Waals surface area contributed by atoms with Crippen molar-refractivity contribution in [3.05, 3.63) is 58.3 Å². The minimum atomic E-state index is -0.988. The Morgan fingerprint density at radius 2 is 1.90 bits per heavy atom. The lowest BCUT2D eigenvalue weighted by Gasteiger charge is -2.21. The molecule has 0 aliphatic rings. The number of carbonyl (C=O) groups is 2. The third-order valence-electron chi connectivity index (χ3n) is 3.21. The van der Waals surface area contributed by atoms with E-state index in [-0.39, 0.29) is 18.2 Å². The van der Waals surface area contributed by atoms with Gasteiger partial charge in [0.1, 0.15) is 0 Å². The minimum Gasteiger partial charge on any atom is -0.481 e. The van der Waals surface area contributed by atoms with E-state index in [1.807, 2.05) is 42.6 Å². The quantitative estimate of drug-likeness (QED) is 0.771. The maximum Gasteiger partial charge on any atom is 0.305 e. The lowest BCUT2D eigenvalue weighted by Crippen LogP contribution is -2.39. The van der Waals surface area contributed by atoms with Gasteiger partial charge in [0.15, 0.2) is 5.78 Å². The molecule has 2 unspecified atom stereocenters. The lowest BCUT2D eigenvalue weighted by atomic mass is 10.0. The number of ketones is 1. The largest absolute Gasteiger partial charge is 0.481 e. The van der Waals surface area contributed by atoms with E-state index >= 15 is 0 Å². The standard InChI is InChI=1S/C16H17NO3S/c1-11(12-6-3-2-4-7-12)17-13(10-15(18)19)16(20)14-8-5-9-21-14/h2-9,11,13,17H,10H2,1H3,(H,18,19). The Labute approximate surface area is 127 Å². The van der Waals surface area contributed by atoms with E-state index in [0.717, 1.165) is 5.56 Å². The topological polar surface area (TPSA) is 66.4 Å².